The summed E-state index contributed by atoms with van der Waals surface area (Å²) in [5.74, 6) is 0.272. The molecule has 1 aromatic heterocycles. The van der Waals surface area contributed by atoms with Crippen LogP contribution in [0.15, 0.2) is 259 Å². The summed E-state index contributed by atoms with van der Waals surface area (Å²) in [6.45, 7) is 0. The van der Waals surface area contributed by atoms with Gasteiger partial charge in [-0.2, -0.15) is 0 Å². The second-order valence-corrected chi connectivity index (χ2v) is 20.9. The quantitative estimate of drug-likeness (QED) is 0.154. The van der Waals surface area contributed by atoms with Gasteiger partial charge in [0.2, 0.25) is 0 Å². The Bertz CT molecular complexity index is 4420. The summed E-state index contributed by atoms with van der Waals surface area (Å²) in [5, 5.41) is 7.30. The molecule has 1 spiro atoms. The summed E-state index contributed by atoms with van der Waals surface area (Å²) in [6, 6.07) is 95.5. The van der Waals surface area contributed by atoms with E-state index in [9.17, 15) is 0 Å². The van der Waals surface area contributed by atoms with E-state index in [1.807, 2.05) is 0 Å². The highest BCUT2D eigenvalue weighted by Crippen LogP contribution is 2.65. The van der Waals surface area contributed by atoms with E-state index in [4.69, 9.17) is 4.42 Å². The number of furan rings is 1. The monoisotopic (exact) mass is 955 g/mol. The van der Waals surface area contributed by atoms with Gasteiger partial charge in [-0.3, -0.25) is 0 Å². The van der Waals surface area contributed by atoms with Crippen LogP contribution in [0.25, 0.3) is 88.0 Å². The molecule has 0 saturated carbocycles. The number of aryl methyl sites for hydroxylation is 1. The van der Waals surface area contributed by atoms with Crippen molar-refractivity contribution in [2.75, 3.05) is 4.90 Å². The van der Waals surface area contributed by atoms with Gasteiger partial charge in [0.15, 0.2) is 0 Å². The lowest BCUT2D eigenvalue weighted by molar-refractivity contribution is 0.627. The van der Waals surface area contributed by atoms with Gasteiger partial charge < -0.3 is 9.32 Å². The van der Waals surface area contributed by atoms with Crippen LogP contribution < -0.4 is 4.90 Å². The number of hydrogen-bond acceptors (Lipinski definition) is 2. The standard InChI is InChI=1S/C73H49NO/c1-3-20-46(21-4-1)42-48-38-39-49-44-68-71(59-31-14-18-37-67(59)75-68)72(60-43-47-22-7-8-25-52(47)54-26-9-10-27-55(54)60)69(49)61-45-51(40-41-53(48)61)74(50-23-5-2-6-24-50)66-36-19-35-65-70(66)58-30-13-17-34-64(58)73(65)62-32-15-11-28-56(62)57-29-12-16-33-63(57)73/h1-37,40-41,43-45,48H,38-39,42H2. The van der Waals surface area contributed by atoms with Crippen LogP contribution in [0.1, 0.15) is 51.3 Å². The molecule has 1 atom stereocenters. The van der Waals surface area contributed by atoms with Crippen LogP contribution in [0.2, 0.25) is 0 Å². The molecule has 0 saturated heterocycles. The highest BCUT2D eigenvalue weighted by Gasteiger charge is 2.52. The molecular weight excluding hydrogens is 907 g/mol. The van der Waals surface area contributed by atoms with Gasteiger partial charge in [-0.1, -0.05) is 206 Å². The van der Waals surface area contributed by atoms with Gasteiger partial charge in [0.1, 0.15) is 11.2 Å². The lowest BCUT2D eigenvalue weighted by Gasteiger charge is -2.32. The molecule has 0 fully saturated rings. The zero-order valence-electron chi connectivity index (χ0n) is 41.3. The Kier molecular flexibility index (Phi) is 9.24. The zero-order valence-corrected chi connectivity index (χ0v) is 41.3. The van der Waals surface area contributed by atoms with Crippen molar-refractivity contribution < 1.29 is 4.42 Å². The molecule has 0 amide bonds. The summed E-state index contributed by atoms with van der Waals surface area (Å²) in [6.07, 6.45) is 2.87. The number of rotatable bonds is 6. The molecule has 12 aromatic carbocycles. The van der Waals surface area contributed by atoms with E-state index in [0.717, 1.165) is 52.9 Å². The summed E-state index contributed by atoms with van der Waals surface area (Å²) in [5.41, 5.74) is 24.4. The van der Waals surface area contributed by atoms with Crippen LogP contribution in [0.5, 0.6) is 0 Å². The molecule has 1 heterocycles. The Morgan fingerprint density at radius 1 is 0.400 bits per heavy atom. The first kappa shape index (κ1) is 42.3. The van der Waals surface area contributed by atoms with Gasteiger partial charge in [0.05, 0.1) is 11.1 Å². The first-order valence-electron chi connectivity index (χ1n) is 26.6. The summed E-state index contributed by atoms with van der Waals surface area (Å²) < 4.78 is 6.96. The highest BCUT2D eigenvalue weighted by molar-refractivity contribution is 6.23. The van der Waals surface area contributed by atoms with E-state index >= 15 is 0 Å². The minimum absolute atomic E-state index is 0.272. The molecule has 1 unspecified atom stereocenters. The van der Waals surface area contributed by atoms with Crippen LogP contribution in [0.3, 0.4) is 0 Å². The van der Waals surface area contributed by atoms with Crippen LogP contribution in [-0.2, 0) is 18.3 Å². The van der Waals surface area contributed by atoms with E-state index in [0.29, 0.717) is 0 Å². The van der Waals surface area contributed by atoms with Crippen molar-refractivity contribution in [3.63, 3.8) is 0 Å². The van der Waals surface area contributed by atoms with Crippen molar-refractivity contribution in [2.45, 2.75) is 30.6 Å². The maximum Gasteiger partial charge on any atom is 0.136 e. The fourth-order valence-electron chi connectivity index (χ4n) is 14.1. The first-order chi connectivity index (χ1) is 37.2. The van der Waals surface area contributed by atoms with Gasteiger partial charge in [-0.15, -0.1) is 0 Å². The molecular formula is C73H49NO. The number of anilines is 3. The topological polar surface area (TPSA) is 16.4 Å². The van der Waals surface area contributed by atoms with Crippen molar-refractivity contribution in [1.29, 1.82) is 0 Å². The molecule has 2 nitrogen and oxygen atoms in total. The van der Waals surface area contributed by atoms with E-state index in [2.05, 4.69) is 260 Å². The number of fused-ring (bicyclic) bond motifs is 19. The molecule has 75 heavy (non-hydrogen) atoms. The Morgan fingerprint density at radius 2 is 1.01 bits per heavy atom. The number of para-hydroxylation sites is 2. The molecule has 3 aliphatic carbocycles. The predicted molar refractivity (Wildman–Crippen MR) is 312 cm³/mol. The number of benzene rings is 12. The molecule has 13 aromatic rings. The molecule has 0 aliphatic heterocycles. The molecule has 0 bridgehead atoms. The Labute approximate surface area is 436 Å². The van der Waals surface area contributed by atoms with E-state index in [1.165, 1.54) is 110 Å². The smallest absolute Gasteiger partial charge is 0.136 e. The predicted octanol–water partition coefficient (Wildman–Crippen LogP) is 19.3. The third-order valence-corrected chi connectivity index (χ3v) is 17.1. The van der Waals surface area contributed by atoms with Crippen LogP contribution in [0, 0.1) is 0 Å². The number of hydrogen-bond donors (Lipinski definition) is 0. The van der Waals surface area contributed by atoms with Crippen molar-refractivity contribution in [3.8, 4) is 44.5 Å². The molecule has 352 valence electrons. The molecule has 3 aliphatic rings. The van der Waals surface area contributed by atoms with E-state index in [-0.39, 0.29) is 5.92 Å². The molecule has 0 N–H and O–H groups in total. The van der Waals surface area contributed by atoms with Crippen molar-refractivity contribution in [2.24, 2.45) is 0 Å². The van der Waals surface area contributed by atoms with Crippen LogP contribution >= 0.6 is 0 Å². The average molecular weight is 956 g/mol. The molecule has 0 radical (unpaired) electrons. The molecule has 16 rings (SSSR count). The number of nitrogens with zero attached hydrogens (tertiary/aromatic N) is 1. The van der Waals surface area contributed by atoms with Crippen molar-refractivity contribution >= 4 is 60.5 Å². The Hall–Kier alpha value is -9.24. The Balaban J connectivity index is 1.01. The maximum atomic E-state index is 6.96. The largest absolute Gasteiger partial charge is 0.456 e. The van der Waals surface area contributed by atoms with E-state index < -0.39 is 5.41 Å². The lowest BCUT2D eigenvalue weighted by atomic mass is 9.70. The van der Waals surface area contributed by atoms with Gasteiger partial charge in [0, 0.05) is 33.3 Å². The first-order valence-corrected chi connectivity index (χ1v) is 26.6. The van der Waals surface area contributed by atoms with Crippen LogP contribution in [0.4, 0.5) is 17.1 Å². The van der Waals surface area contributed by atoms with Gasteiger partial charge in [-0.25, -0.2) is 0 Å². The zero-order chi connectivity index (χ0) is 49.2. The Morgan fingerprint density at radius 3 is 1.79 bits per heavy atom. The summed E-state index contributed by atoms with van der Waals surface area (Å²) in [7, 11) is 0. The third kappa shape index (κ3) is 6.08. The normalized spacial score (nSPS) is 14.6. The average Bonchev–Trinajstić information content (AvgIpc) is 4.27. The minimum Gasteiger partial charge on any atom is -0.456 e. The molecule has 2 heteroatoms. The van der Waals surface area contributed by atoms with Crippen molar-refractivity contribution in [3.05, 3.63) is 294 Å². The van der Waals surface area contributed by atoms with E-state index in [1.54, 1.807) is 0 Å². The summed E-state index contributed by atoms with van der Waals surface area (Å²) >= 11 is 0. The van der Waals surface area contributed by atoms with Gasteiger partial charge in [0.25, 0.3) is 0 Å². The summed E-state index contributed by atoms with van der Waals surface area (Å²) in [4.78, 5) is 2.55. The highest BCUT2D eigenvalue weighted by atomic mass is 16.3. The SMILES string of the molecule is c1ccc(CC2CCc3cc4oc5ccccc5c4c(-c4cc5ccccc5c5ccccc45)c3-c3cc(N(c4ccccc4)c4cccc5c4-c4ccccc4C54c5ccccc5-c5ccccc54)ccc32)cc1. The fraction of sp³-hybridized carbons (Fsp3) is 0.0685. The third-order valence-electron chi connectivity index (χ3n) is 17.1. The van der Waals surface area contributed by atoms with Gasteiger partial charge in [-0.05, 0) is 168 Å². The second kappa shape index (κ2) is 16.4. The fourth-order valence-corrected chi connectivity index (χ4v) is 14.1. The second-order valence-electron chi connectivity index (χ2n) is 20.9. The minimum atomic E-state index is -0.467. The van der Waals surface area contributed by atoms with Crippen LogP contribution in [-0.4, -0.2) is 0 Å². The van der Waals surface area contributed by atoms with Crippen molar-refractivity contribution in [1.82, 2.24) is 0 Å². The maximum absolute atomic E-state index is 6.96. The lowest BCUT2D eigenvalue weighted by Crippen LogP contribution is -2.26. The van der Waals surface area contributed by atoms with Gasteiger partial charge >= 0.3 is 0 Å².